The van der Waals surface area contributed by atoms with Gasteiger partial charge in [0.25, 0.3) is 0 Å². The molecule has 0 saturated heterocycles. The van der Waals surface area contributed by atoms with Crippen LogP contribution in [0.5, 0.6) is 5.75 Å². The lowest BCUT2D eigenvalue weighted by atomic mass is 10.2. The fourth-order valence-electron chi connectivity index (χ4n) is 1.47. The molecule has 1 aromatic heterocycles. The van der Waals surface area contributed by atoms with Crippen LogP contribution in [0.25, 0.3) is 0 Å². The number of hydrogen-bond acceptors (Lipinski definition) is 6. The van der Waals surface area contributed by atoms with E-state index in [2.05, 4.69) is 15.5 Å². The molecular formula is C11H12N4O3S. The van der Waals surface area contributed by atoms with Gasteiger partial charge in [-0.3, -0.25) is 4.79 Å². The fourth-order valence-corrected chi connectivity index (χ4v) is 2.07. The van der Waals surface area contributed by atoms with Crippen LogP contribution in [0.3, 0.4) is 0 Å². The van der Waals surface area contributed by atoms with Crippen LogP contribution in [0.2, 0.25) is 0 Å². The third-order valence-electron chi connectivity index (χ3n) is 2.29. The van der Waals surface area contributed by atoms with E-state index in [1.807, 2.05) is 24.3 Å². The highest BCUT2D eigenvalue weighted by Gasteiger charge is 2.09. The molecule has 0 radical (unpaired) electrons. The van der Waals surface area contributed by atoms with Gasteiger partial charge in [-0.2, -0.15) is 0 Å². The number of carbonyl (C=O) groups is 1. The van der Waals surface area contributed by atoms with Crippen molar-refractivity contribution in [3.8, 4) is 5.75 Å². The Morgan fingerprint density at radius 3 is 3.11 bits per heavy atom. The molecule has 0 saturated carbocycles. The molecule has 0 aliphatic rings. The van der Waals surface area contributed by atoms with Crippen molar-refractivity contribution in [1.82, 2.24) is 20.2 Å². The molecule has 0 fully saturated rings. The first-order valence-corrected chi connectivity index (χ1v) is 6.41. The number of benzene rings is 1. The van der Waals surface area contributed by atoms with Crippen LogP contribution in [0.4, 0.5) is 0 Å². The van der Waals surface area contributed by atoms with Crippen molar-refractivity contribution in [2.24, 2.45) is 0 Å². The smallest absolute Gasteiger partial charge is 0.313 e. The van der Waals surface area contributed by atoms with Gasteiger partial charge in [0.1, 0.15) is 5.75 Å². The Bertz CT molecular complexity index is 573. The molecule has 1 N–H and O–H groups in total. The Balaban J connectivity index is 2.10. The maximum absolute atomic E-state index is 10.5. The summed E-state index contributed by atoms with van der Waals surface area (Å²) in [7, 11) is 1.60. The van der Waals surface area contributed by atoms with Gasteiger partial charge in [-0.1, -0.05) is 23.9 Å². The van der Waals surface area contributed by atoms with Crippen LogP contribution in [-0.4, -0.2) is 44.1 Å². The second-order valence-electron chi connectivity index (χ2n) is 3.65. The summed E-state index contributed by atoms with van der Waals surface area (Å²) in [6.07, 6.45) is 0. The van der Waals surface area contributed by atoms with E-state index in [1.54, 1.807) is 11.8 Å². The molecule has 0 unspecified atom stereocenters. The first-order chi connectivity index (χ1) is 9.19. The van der Waals surface area contributed by atoms with Crippen LogP contribution >= 0.6 is 11.8 Å². The van der Waals surface area contributed by atoms with E-state index in [0.717, 1.165) is 23.1 Å². The van der Waals surface area contributed by atoms with Gasteiger partial charge in [-0.25, -0.2) is 4.68 Å². The SMILES string of the molecule is COc1cccc(Cn2nnnc2SCC(=O)O)c1. The number of carboxylic acids is 1. The number of aliphatic carboxylic acids is 1. The van der Waals surface area contributed by atoms with Crippen molar-refractivity contribution < 1.29 is 14.6 Å². The second-order valence-corrected chi connectivity index (χ2v) is 4.60. The molecule has 8 heteroatoms. The Hall–Kier alpha value is -2.09. The minimum absolute atomic E-state index is 0.0709. The maximum atomic E-state index is 10.5. The van der Waals surface area contributed by atoms with Gasteiger partial charge < -0.3 is 9.84 Å². The summed E-state index contributed by atoms with van der Waals surface area (Å²) < 4.78 is 6.70. The lowest BCUT2D eigenvalue weighted by molar-refractivity contribution is -0.133. The minimum atomic E-state index is -0.902. The molecule has 100 valence electrons. The van der Waals surface area contributed by atoms with Crippen molar-refractivity contribution >= 4 is 17.7 Å². The van der Waals surface area contributed by atoms with E-state index >= 15 is 0 Å². The first kappa shape index (κ1) is 13.3. The minimum Gasteiger partial charge on any atom is -0.497 e. The molecule has 1 aromatic carbocycles. The lowest BCUT2D eigenvalue weighted by Crippen LogP contribution is -2.06. The molecule has 2 aromatic rings. The summed E-state index contributed by atoms with van der Waals surface area (Å²) in [6, 6.07) is 7.54. The lowest BCUT2D eigenvalue weighted by Gasteiger charge is -2.05. The highest BCUT2D eigenvalue weighted by Crippen LogP contribution is 2.17. The van der Waals surface area contributed by atoms with Crippen LogP contribution < -0.4 is 4.74 Å². The summed E-state index contributed by atoms with van der Waals surface area (Å²) in [4.78, 5) is 10.5. The Labute approximate surface area is 113 Å². The predicted molar refractivity (Wildman–Crippen MR) is 68.3 cm³/mol. The molecule has 0 spiro atoms. The summed E-state index contributed by atoms with van der Waals surface area (Å²) in [5.74, 6) is -0.218. The van der Waals surface area contributed by atoms with Crippen LogP contribution in [0.15, 0.2) is 29.4 Å². The molecule has 0 aliphatic heterocycles. The second kappa shape index (κ2) is 6.19. The maximum Gasteiger partial charge on any atom is 0.313 e. The zero-order valence-corrected chi connectivity index (χ0v) is 11.0. The zero-order chi connectivity index (χ0) is 13.7. The summed E-state index contributed by atoms with van der Waals surface area (Å²) in [6.45, 7) is 0.464. The first-order valence-electron chi connectivity index (χ1n) is 5.42. The van der Waals surface area contributed by atoms with Gasteiger partial charge in [0.2, 0.25) is 5.16 Å². The van der Waals surface area contributed by atoms with Crippen molar-refractivity contribution in [2.45, 2.75) is 11.7 Å². The van der Waals surface area contributed by atoms with Crippen molar-refractivity contribution in [2.75, 3.05) is 12.9 Å². The summed E-state index contributed by atoms with van der Waals surface area (Å²) in [5.41, 5.74) is 0.976. The standard InChI is InChI=1S/C11H12N4O3S/c1-18-9-4-2-3-8(5-9)6-15-11(12-13-14-15)19-7-10(16)17/h2-5H,6-7H2,1H3,(H,16,17). The number of carboxylic acid groups (broad SMARTS) is 1. The van der Waals surface area contributed by atoms with Crippen LogP contribution in [0.1, 0.15) is 5.56 Å². The predicted octanol–water partition coefficient (Wildman–Crippen LogP) is 0.907. The number of methoxy groups -OCH3 is 1. The van der Waals surface area contributed by atoms with E-state index < -0.39 is 5.97 Å². The highest BCUT2D eigenvalue weighted by atomic mass is 32.2. The topological polar surface area (TPSA) is 90.1 Å². The third kappa shape index (κ3) is 3.68. The Morgan fingerprint density at radius 1 is 1.53 bits per heavy atom. The van der Waals surface area contributed by atoms with Crippen molar-refractivity contribution in [1.29, 1.82) is 0 Å². The summed E-state index contributed by atoms with van der Waals surface area (Å²) >= 11 is 1.09. The van der Waals surface area contributed by atoms with Crippen LogP contribution in [-0.2, 0) is 11.3 Å². The van der Waals surface area contributed by atoms with Crippen molar-refractivity contribution in [3.63, 3.8) is 0 Å². The van der Waals surface area contributed by atoms with Gasteiger partial charge in [0.05, 0.1) is 19.4 Å². The van der Waals surface area contributed by atoms with Gasteiger partial charge in [0.15, 0.2) is 0 Å². The van der Waals surface area contributed by atoms with Gasteiger partial charge >= 0.3 is 5.97 Å². The number of hydrogen-bond donors (Lipinski definition) is 1. The Kier molecular flexibility index (Phi) is 4.35. The fraction of sp³-hybridized carbons (Fsp3) is 0.273. The monoisotopic (exact) mass is 280 g/mol. The molecule has 0 bridgehead atoms. The van der Waals surface area contributed by atoms with Crippen LogP contribution in [0, 0.1) is 0 Å². The number of tetrazole rings is 1. The van der Waals surface area contributed by atoms with E-state index in [4.69, 9.17) is 9.84 Å². The number of ether oxygens (including phenoxy) is 1. The third-order valence-corrected chi connectivity index (χ3v) is 3.23. The molecule has 0 atom stereocenters. The van der Waals surface area contributed by atoms with E-state index in [-0.39, 0.29) is 5.75 Å². The van der Waals surface area contributed by atoms with Gasteiger partial charge in [-0.15, -0.1) is 5.10 Å². The largest absolute Gasteiger partial charge is 0.497 e. The highest BCUT2D eigenvalue weighted by molar-refractivity contribution is 7.99. The molecule has 0 aliphatic carbocycles. The number of thioether (sulfide) groups is 1. The number of nitrogens with zero attached hydrogens (tertiary/aromatic N) is 4. The van der Waals surface area contributed by atoms with Gasteiger partial charge in [0, 0.05) is 0 Å². The van der Waals surface area contributed by atoms with Crippen molar-refractivity contribution in [3.05, 3.63) is 29.8 Å². The average molecular weight is 280 g/mol. The molecule has 1 heterocycles. The quantitative estimate of drug-likeness (QED) is 0.786. The number of rotatable bonds is 6. The van der Waals surface area contributed by atoms with E-state index in [0.29, 0.717) is 11.7 Å². The number of aromatic nitrogens is 4. The molecule has 2 rings (SSSR count). The molecule has 0 amide bonds. The van der Waals surface area contributed by atoms with E-state index in [1.165, 1.54) is 0 Å². The van der Waals surface area contributed by atoms with E-state index in [9.17, 15) is 4.79 Å². The normalized spacial score (nSPS) is 10.4. The Morgan fingerprint density at radius 2 is 2.37 bits per heavy atom. The van der Waals surface area contributed by atoms with Gasteiger partial charge in [-0.05, 0) is 28.1 Å². The molecule has 19 heavy (non-hydrogen) atoms. The molecular weight excluding hydrogens is 268 g/mol. The zero-order valence-electron chi connectivity index (χ0n) is 10.2. The average Bonchev–Trinajstić information content (AvgIpc) is 2.84. The molecule has 7 nitrogen and oxygen atoms in total. The summed E-state index contributed by atoms with van der Waals surface area (Å²) in [5, 5.41) is 20.3.